The van der Waals surface area contributed by atoms with Gasteiger partial charge in [0.1, 0.15) is 0 Å². The van der Waals surface area contributed by atoms with Crippen LogP contribution < -0.4 is 5.32 Å². The smallest absolute Gasteiger partial charge is 0.269 e. The van der Waals surface area contributed by atoms with Crippen molar-refractivity contribution in [3.05, 3.63) is 112 Å². The fourth-order valence-corrected chi connectivity index (χ4v) is 2.59. The van der Waals surface area contributed by atoms with E-state index in [-0.39, 0.29) is 17.6 Å². The van der Waals surface area contributed by atoms with Crippen LogP contribution in [0, 0.1) is 10.1 Å². The number of pyridine rings is 1. The van der Waals surface area contributed by atoms with Crippen molar-refractivity contribution >= 4 is 17.7 Å². The van der Waals surface area contributed by atoms with Gasteiger partial charge in [-0.2, -0.15) is 0 Å². The molecule has 0 bridgehead atoms. The molecular formula is C21H17N3O3. The number of hydrogen-bond acceptors (Lipinski definition) is 4. The molecule has 2 aromatic carbocycles. The minimum Gasteiger partial charge on any atom is -0.340 e. The molecule has 0 spiro atoms. The third-order valence-corrected chi connectivity index (χ3v) is 3.93. The van der Waals surface area contributed by atoms with Crippen LogP contribution in [-0.4, -0.2) is 15.8 Å². The van der Waals surface area contributed by atoms with Crippen LogP contribution in [0.3, 0.4) is 0 Å². The van der Waals surface area contributed by atoms with Gasteiger partial charge < -0.3 is 5.32 Å². The molecule has 0 saturated heterocycles. The molecule has 0 aliphatic carbocycles. The molecule has 0 fully saturated rings. The van der Waals surface area contributed by atoms with E-state index in [0.717, 1.165) is 11.3 Å². The minimum atomic E-state index is -0.461. The first-order chi connectivity index (χ1) is 13.1. The first kappa shape index (κ1) is 18.0. The summed E-state index contributed by atoms with van der Waals surface area (Å²) in [7, 11) is 0. The lowest BCUT2D eigenvalue weighted by atomic mass is 10.0. The maximum atomic E-state index is 12.4. The molecule has 0 aliphatic heterocycles. The maximum absolute atomic E-state index is 12.4. The van der Waals surface area contributed by atoms with Crippen LogP contribution in [-0.2, 0) is 4.79 Å². The number of hydrogen-bond donors (Lipinski definition) is 1. The van der Waals surface area contributed by atoms with E-state index in [1.807, 2.05) is 48.5 Å². The third kappa shape index (κ3) is 4.85. The molecular weight excluding hydrogens is 342 g/mol. The number of aromatic nitrogens is 1. The van der Waals surface area contributed by atoms with Gasteiger partial charge in [0.2, 0.25) is 5.91 Å². The van der Waals surface area contributed by atoms with Crippen LogP contribution in [0.25, 0.3) is 6.08 Å². The summed E-state index contributed by atoms with van der Waals surface area (Å²) in [6.45, 7) is 0. The largest absolute Gasteiger partial charge is 0.340 e. The van der Waals surface area contributed by atoms with Crippen LogP contribution in [0.1, 0.15) is 22.9 Å². The molecule has 1 heterocycles. The van der Waals surface area contributed by atoms with Crippen molar-refractivity contribution in [2.24, 2.45) is 0 Å². The van der Waals surface area contributed by atoms with Crippen molar-refractivity contribution in [1.29, 1.82) is 0 Å². The van der Waals surface area contributed by atoms with Crippen molar-refractivity contribution in [1.82, 2.24) is 10.3 Å². The molecule has 6 heteroatoms. The summed E-state index contributed by atoms with van der Waals surface area (Å²) in [6, 6.07) is 20.8. The summed E-state index contributed by atoms with van der Waals surface area (Å²) < 4.78 is 0. The monoisotopic (exact) mass is 359 g/mol. The molecule has 0 aliphatic rings. The second-order valence-corrected chi connectivity index (χ2v) is 5.79. The number of nitro groups is 1. The van der Waals surface area contributed by atoms with Crippen molar-refractivity contribution in [2.45, 2.75) is 6.04 Å². The Kier molecular flexibility index (Phi) is 5.69. The van der Waals surface area contributed by atoms with E-state index in [1.54, 1.807) is 24.4 Å². The van der Waals surface area contributed by atoms with E-state index < -0.39 is 4.92 Å². The van der Waals surface area contributed by atoms with Gasteiger partial charge in [-0.3, -0.25) is 19.9 Å². The van der Waals surface area contributed by atoms with E-state index in [2.05, 4.69) is 10.3 Å². The number of non-ortho nitro benzene ring substituents is 1. The summed E-state index contributed by atoms with van der Waals surface area (Å²) >= 11 is 0. The molecule has 0 saturated carbocycles. The standard InChI is InChI=1S/C21H17N3O3/c25-20(14-11-16-9-12-18(13-10-16)24(26)27)23-21(17-6-2-1-3-7-17)19-8-4-5-15-22-19/h1-15,21H,(H,23,25). The predicted octanol–water partition coefficient (Wildman–Crippen LogP) is 3.91. The van der Waals surface area contributed by atoms with Gasteiger partial charge in [0.15, 0.2) is 0 Å². The van der Waals surface area contributed by atoms with Gasteiger partial charge >= 0.3 is 0 Å². The van der Waals surface area contributed by atoms with E-state index in [9.17, 15) is 14.9 Å². The molecule has 3 aromatic rings. The Morgan fingerprint density at radius 3 is 2.33 bits per heavy atom. The number of rotatable bonds is 6. The molecule has 27 heavy (non-hydrogen) atoms. The van der Waals surface area contributed by atoms with Crippen molar-refractivity contribution < 1.29 is 9.72 Å². The second-order valence-electron chi connectivity index (χ2n) is 5.79. The zero-order valence-electron chi connectivity index (χ0n) is 14.4. The first-order valence-corrected chi connectivity index (χ1v) is 8.32. The van der Waals surface area contributed by atoms with Crippen LogP contribution in [0.5, 0.6) is 0 Å². The average molecular weight is 359 g/mol. The van der Waals surface area contributed by atoms with Gasteiger partial charge in [-0.25, -0.2) is 0 Å². The highest BCUT2D eigenvalue weighted by molar-refractivity contribution is 5.92. The molecule has 1 atom stereocenters. The van der Waals surface area contributed by atoms with Crippen LogP contribution in [0.4, 0.5) is 5.69 Å². The fourth-order valence-electron chi connectivity index (χ4n) is 2.59. The molecule has 6 nitrogen and oxygen atoms in total. The SMILES string of the molecule is O=C(C=Cc1ccc([N+](=O)[O-])cc1)NC(c1ccccc1)c1ccccn1. The lowest BCUT2D eigenvalue weighted by Gasteiger charge is -2.17. The van der Waals surface area contributed by atoms with E-state index in [1.165, 1.54) is 18.2 Å². The number of carbonyl (C=O) groups excluding carboxylic acids is 1. The lowest BCUT2D eigenvalue weighted by molar-refractivity contribution is -0.384. The molecule has 134 valence electrons. The topological polar surface area (TPSA) is 85.1 Å². The van der Waals surface area contributed by atoms with Crippen molar-refractivity contribution in [3.8, 4) is 0 Å². The lowest BCUT2D eigenvalue weighted by Crippen LogP contribution is -2.28. The Morgan fingerprint density at radius 2 is 1.70 bits per heavy atom. The first-order valence-electron chi connectivity index (χ1n) is 8.32. The summed E-state index contributed by atoms with van der Waals surface area (Å²) in [4.78, 5) is 27.0. The number of benzene rings is 2. The van der Waals surface area contributed by atoms with Crippen LogP contribution >= 0.6 is 0 Å². The maximum Gasteiger partial charge on any atom is 0.269 e. The Morgan fingerprint density at radius 1 is 1.00 bits per heavy atom. The van der Waals surface area contributed by atoms with Gasteiger partial charge in [0.25, 0.3) is 5.69 Å². The van der Waals surface area contributed by atoms with E-state index in [0.29, 0.717) is 5.56 Å². The minimum absolute atomic E-state index is 0.0101. The Bertz CT molecular complexity index is 900. The van der Waals surface area contributed by atoms with Gasteiger partial charge in [-0.15, -0.1) is 0 Å². The molecule has 1 N–H and O–H groups in total. The molecule has 1 amide bonds. The quantitative estimate of drug-likeness (QED) is 0.411. The molecule has 0 radical (unpaired) electrons. The summed E-state index contributed by atoms with van der Waals surface area (Å²) in [5.41, 5.74) is 2.37. The number of carbonyl (C=O) groups is 1. The van der Waals surface area contributed by atoms with Crippen molar-refractivity contribution in [3.63, 3.8) is 0 Å². The average Bonchev–Trinajstić information content (AvgIpc) is 2.72. The van der Waals surface area contributed by atoms with Gasteiger partial charge in [-0.1, -0.05) is 36.4 Å². The third-order valence-electron chi connectivity index (χ3n) is 3.93. The summed E-state index contributed by atoms with van der Waals surface area (Å²) in [5.74, 6) is -0.284. The predicted molar refractivity (Wildman–Crippen MR) is 103 cm³/mol. The highest BCUT2D eigenvalue weighted by atomic mass is 16.6. The highest BCUT2D eigenvalue weighted by Crippen LogP contribution is 2.20. The number of nitrogens with one attached hydrogen (secondary N) is 1. The highest BCUT2D eigenvalue weighted by Gasteiger charge is 2.16. The Labute approximate surface area is 156 Å². The van der Waals surface area contributed by atoms with Gasteiger partial charge in [0.05, 0.1) is 16.7 Å². The second kappa shape index (κ2) is 8.53. The number of nitrogens with zero attached hydrogens (tertiary/aromatic N) is 2. The number of nitro benzene ring substituents is 1. The van der Waals surface area contributed by atoms with E-state index in [4.69, 9.17) is 0 Å². The van der Waals surface area contributed by atoms with E-state index >= 15 is 0 Å². The van der Waals surface area contributed by atoms with Gasteiger partial charge in [0, 0.05) is 24.4 Å². The fraction of sp³-hybridized carbons (Fsp3) is 0.0476. The normalized spacial score (nSPS) is 11.9. The summed E-state index contributed by atoms with van der Waals surface area (Å²) in [5, 5.41) is 13.6. The molecule has 3 rings (SSSR count). The Balaban J connectivity index is 1.75. The zero-order valence-corrected chi connectivity index (χ0v) is 14.4. The van der Waals surface area contributed by atoms with Crippen LogP contribution in [0.15, 0.2) is 85.1 Å². The molecule has 1 aromatic heterocycles. The number of amides is 1. The Hall–Kier alpha value is -3.80. The van der Waals surface area contributed by atoms with Crippen LogP contribution in [0.2, 0.25) is 0 Å². The van der Waals surface area contributed by atoms with Gasteiger partial charge in [-0.05, 0) is 41.5 Å². The van der Waals surface area contributed by atoms with Crippen molar-refractivity contribution in [2.75, 3.05) is 0 Å². The zero-order chi connectivity index (χ0) is 19.1. The summed E-state index contributed by atoms with van der Waals surface area (Å²) in [6.07, 6.45) is 4.70. The molecule has 1 unspecified atom stereocenters.